The molecular weight excluding hydrogens is 375 g/mol. The third-order valence-electron chi connectivity index (χ3n) is 3.47. The number of nitrogens with two attached hydrogens (primary N) is 1. The fourth-order valence-electron chi connectivity index (χ4n) is 2.23. The van der Waals surface area contributed by atoms with Crippen LogP contribution in [0.2, 0.25) is 0 Å². The van der Waals surface area contributed by atoms with Crippen LogP contribution in [-0.4, -0.2) is 31.5 Å². The number of nitrogens with one attached hydrogen (secondary N) is 1. The topological polar surface area (TPSA) is 129 Å². The average molecular weight is 388 g/mol. The van der Waals surface area contributed by atoms with Gasteiger partial charge < -0.3 is 11.2 Å². The maximum atomic E-state index is 13.0. The molecule has 9 nitrogen and oxygen atoms in total. The molecule has 0 bridgehead atoms. The first-order valence-corrected chi connectivity index (χ1v) is 8.57. The van der Waals surface area contributed by atoms with E-state index in [2.05, 4.69) is 15.5 Å². The van der Waals surface area contributed by atoms with Gasteiger partial charge in [0.25, 0.3) is 5.69 Å². The number of nitro groups is 1. The van der Waals surface area contributed by atoms with Crippen LogP contribution < -0.4 is 11.2 Å². The number of nitrogens with zero attached hydrogens (tertiary/aromatic N) is 4. The molecule has 0 radical (unpaired) electrons. The molecule has 2 aromatic carbocycles. The smallest absolute Gasteiger partial charge is 0.292 e. The Balaban J connectivity index is 1.66. The predicted molar refractivity (Wildman–Crippen MR) is 98.0 cm³/mol. The van der Waals surface area contributed by atoms with Crippen LogP contribution in [-0.2, 0) is 4.79 Å². The van der Waals surface area contributed by atoms with Gasteiger partial charge >= 0.3 is 0 Å². The van der Waals surface area contributed by atoms with E-state index in [-0.39, 0.29) is 28.1 Å². The maximum absolute atomic E-state index is 13.0. The van der Waals surface area contributed by atoms with Gasteiger partial charge in [0.05, 0.1) is 10.7 Å². The zero-order chi connectivity index (χ0) is 19.4. The van der Waals surface area contributed by atoms with Crippen LogP contribution in [0.4, 0.5) is 15.8 Å². The van der Waals surface area contributed by atoms with Crippen molar-refractivity contribution in [2.75, 3.05) is 16.9 Å². The lowest BCUT2D eigenvalue weighted by Gasteiger charge is -2.06. The van der Waals surface area contributed by atoms with Crippen LogP contribution in [0, 0.1) is 15.9 Å². The normalized spacial score (nSPS) is 10.6. The highest BCUT2D eigenvalue weighted by molar-refractivity contribution is 7.99. The molecule has 0 spiro atoms. The Morgan fingerprint density at radius 1 is 1.22 bits per heavy atom. The summed E-state index contributed by atoms with van der Waals surface area (Å²) in [6.45, 7) is 0. The van der Waals surface area contributed by atoms with E-state index in [1.807, 2.05) is 0 Å². The first-order valence-electron chi connectivity index (χ1n) is 7.58. The number of nitro benzene ring substituents is 1. The van der Waals surface area contributed by atoms with E-state index < -0.39 is 10.8 Å². The number of nitrogen functional groups attached to an aromatic ring is 1. The molecule has 138 valence electrons. The summed E-state index contributed by atoms with van der Waals surface area (Å²) >= 11 is 1.02. The highest BCUT2D eigenvalue weighted by Gasteiger charge is 2.17. The second-order valence-electron chi connectivity index (χ2n) is 5.29. The average Bonchev–Trinajstić information content (AvgIpc) is 3.01. The van der Waals surface area contributed by atoms with Gasteiger partial charge in [-0.05, 0) is 30.3 Å². The first kappa shape index (κ1) is 18.3. The summed E-state index contributed by atoms with van der Waals surface area (Å²) in [6.07, 6.45) is 0. The van der Waals surface area contributed by atoms with Crippen LogP contribution in [0.15, 0.2) is 53.7 Å². The molecule has 3 aromatic rings. The number of aromatic nitrogens is 3. The molecule has 27 heavy (non-hydrogen) atoms. The molecule has 0 aliphatic heterocycles. The van der Waals surface area contributed by atoms with E-state index in [0.717, 1.165) is 11.8 Å². The third-order valence-corrected chi connectivity index (χ3v) is 4.42. The minimum atomic E-state index is -0.575. The van der Waals surface area contributed by atoms with Gasteiger partial charge in [-0.25, -0.2) is 9.07 Å². The van der Waals surface area contributed by atoms with Crippen molar-refractivity contribution in [1.29, 1.82) is 0 Å². The Bertz CT molecular complexity index is 992. The lowest BCUT2D eigenvalue weighted by molar-refractivity contribution is -0.383. The SMILES string of the molecule is Nn1c(SCC(=O)Nc2ccccc2[N+](=O)[O-])nnc1-c1ccc(F)cc1. The van der Waals surface area contributed by atoms with Crippen LogP contribution >= 0.6 is 11.8 Å². The Labute approximate surface area is 156 Å². The van der Waals surface area contributed by atoms with Gasteiger partial charge in [0.1, 0.15) is 11.5 Å². The Morgan fingerprint density at radius 2 is 1.93 bits per heavy atom. The van der Waals surface area contributed by atoms with Gasteiger partial charge in [-0.2, -0.15) is 0 Å². The van der Waals surface area contributed by atoms with Crippen molar-refractivity contribution in [3.05, 3.63) is 64.5 Å². The zero-order valence-electron chi connectivity index (χ0n) is 13.7. The quantitative estimate of drug-likeness (QED) is 0.287. The number of amides is 1. The number of para-hydroxylation sites is 2. The number of thioether (sulfide) groups is 1. The number of halogens is 1. The molecule has 0 aliphatic rings. The van der Waals surface area contributed by atoms with Crippen molar-refractivity contribution >= 4 is 29.0 Å². The molecule has 0 fully saturated rings. The van der Waals surface area contributed by atoms with Crippen molar-refractivity contribution in [2.45, 2.75) is 5.16 Å². The maximum Gasteiger partial charge on any atom is 0.292 e. The third kappa shape index (κ3) is 4.20. The van der Waals surface area contributed by atoms with E-state index in [0.29, 0.717) is 11.4 Å². The van der Waals surface area contributed by atoms with E-state index in [1.54, 1.807) is 6.07 Å². The van der Waals surface area contributed by atoms with Crippen molar-refractivity contribution < 1.29 is 14.1 Å². The molecule has 1 heterocycles. The van der Waals surface area contributed by atoms with Gasteiger partial charge in [-0.1, -0.05) is 23.9 Å². The minimum Gasteiger partial charge on any atom is -0.335 e. The van der Waals surface area contributed by atoms with Crippen molar-refractivity contribution in [1.82, 2.24) is 14.9 Å². The van der Waals surface area contributed by atoms with E-state index in [9.17, 15) is 19.3 Å². The summed E-state index contributed by atoms with van der Waals surface area (Å²) in [5.41, 5.74) is 0.480. The molecule has 0 saturated heterocycles. The van der Waals surface area contributed by atoms with Crippen LogP contribution in [0.1, 0.15) is 0 Å². The summed E-state index contributed by atoms with van der Waals surface area (Å²) in [7, 11) is 0. The number of anilines is 1. The summed E-state index contributed by atoms with van der Waals surface area (Å²) in [5.74, 6) is 5.33. The van der Waals surface area contributed by atoms with Gasteiger partial charge in [0, 0.05) is 11.6 Å². The van der Waals surface area contributed by atoms with Gasteiger partial charge in [-0.3, -0.25) is 14.9 Å². The van der Waals surface area contributed by atoms with Gasteiger partial charge in [-0.15, -0.1) is 10.2 Å². The summed E-state index contributed by atoms with van der Waals surface area (Å²) in [6, 6.07) is 11.4. The number of benzene rings is 2. The number of hydrogen-bond donors (Lipinski definition) is 2. The number of carbonyl (C=O) groups excluding carboxylic acids is 1. The molecule has 1 amide bonds. The summed E-state index contributed by atoms with van der Waals surface area (Å²) in [4.78, 5) is 22.5. The van der Waals surface area contributed by atoms with Crippen LogP contribution in [0.3, 0.4) is 0 Å². The molecule has 1 aromatic heterocycles. The molecule has 11 heteroatoms. The highest BCUT2D eigenvalue weighted by Crippen LogP contribution is 2.25. The Morgan fingerprint density at radius 3 is 2.63 bits per heavy atom. The largest absolute Gasteiger partial charge is 0.335 e. The van der Waals surface area contributed by atoms with Gasteiger partial charge in [0.15, 0.2) is 5.82 Å². The summed E-state index contributed by atoms with van der Waals surface area (Å²) in [5, 5.41) is 21.6. The second kappa shape index (κ2) is 7.83. The monoisotopic (exact) mass is 388 g/mol. The molecule has 0 saturated carbocycles. The number of carbonyl (C=O) groups is 1. The molecule has 0 unspecified atom stereocenters. The van der Waals surface area contributed by atoms with Crippen LogP contribution in [0.25, 0.3) is 11.4 Å². The fraction of sp³-hybridized carbons (Fsp3) is 0.0625. The predicted octanol–water partition coefficient (Wildman–Crippen LogP) is 2.44. The Kier molecular flexibility index (Phi) is 5.31. The lowest BCUT2D eigenvalue weighted by atomic mass is 10.2. The summed E-state index contributed by atoms with van der Waals surface area (Å²) < 4.78 is 14.2. The van der Waals surface area contributed by atoms with Crippen LogP contribution in [0.5, 0.6) is 0 Å². The first-order chi connectivity index (χ1) is 13.0. The second-order valence-corrected chi connectivity index (χ2v) is 6.24. The number of rotatable bonds is 6. The minimum absolute atomic E-state index is 0.0786. The van der Waals surface area contributed by atoms with E-state index in [1.165, 1.54) is 47.1 Å². The van der Waals surface area contributed by atoms with E-state index >= 15 is 0 Å². The van der Waals surface area contributed by atoms with Crippen molar-refractivity contribution in [3.63, 3.8) is 0 Å². The zero-order valence-corrected chi connectivity index (χ0v) is 14.5. The van der Waals surface area contributed by atoms with E-state index in [4.69, 9.17) is 5.84 Å². The highest BCUT2D eigenvalue weighted by atomic mass is 32.2. The molecule has 0 aliphatic carbocycles. The standard InChI is InChI=1S/C16H13FN6O3S/c17-11-7-5-10(6-8-11)15-20-21-16(22(15)18)27-9-14(24)19-12-3-1-2-4-13(12)23(25)26/h1-8H,9,18H2,(H,19,24). The van der Waals surface area contributed by atoms with Gasteiger partial charge in [0.2, 0.25) is 11.1 Å². The number of hydrogen-bond acceptors (Lipinski definition) is 7. The van der Waals surface area contributed by atoms with Crippen molar-refractivity contribution in [2.24, 2.45) is 0 Å². The molecule has 3 N–H and O–H groups in total. The molecular formula is C16H13FN6O3S. The molecule has 0 atom stereocenters. The molecule has 3 rings (SSSR count). The lowest BCUT2D eigenvalue weighted by Crippen LogP contribution is -2.17. The Hall–Kier alpha value is -3.47. The van der Waals surface area contributed by atoms with Crippen molar-refractivity contribution in [3.8, 4) is 11.4 Å². The fourth-order valence-corrected chi connectivity index (χ4v) is 2.88.